The minimum atomic E-state index is -0.445. The Morgan fingerprint density at radius 2 is 2.18 bits per heavy atom. The summed E-state index contributed by atoms with van der Waals surface area (Å²) in [5, 5.41) is 10.5. The van der Waals surface area contributed by atoms with E-state index in [0.29, 0.717) is 6.04 Å². The second kappa shape index (κ2) is 4.35. The zero-order valence-corrected chi connectivity index (χ0v) is 10.4. The van der Waals surface area contributed by atoms with Gasteiger partial charge in [0.05, 0.1) is 12.2 Å². The van der Waals surface area contributed by atoms with Crippen LogP contribution in [0.4, 0.5) is 4.79 Å². The molecule has 1 saturated carbocycles. The van der Waals surface area contributed by atoms with Crippen LogP contribution in [0.2, 0.25) is 0 Å². The maximum absolute atomic E-state index is 11.5. The molecular weight excluding hydrogens is 220 g/mol. The van der Waals surface area contributed by atoms with Crippen LogP contribution in [-0.2, 0) is 4.74 Å². The smallest absolute Gasteiger partial charge is 0.407 e. The zero-order valence-electron chi connectivity index (χ0n) is 10.4. The number of carbonyl (C=O) groups is 1. The molecule has 1 fully saturated rings. The third-order valence-electron chi connectivity index (χ3n) is 2.65. The number of carbonyl (C=O) groups excluding carboxylic acids is 1. The van der Waals surface area contributed by atoms with Crippen molar-refractivity contribution in [2.75, 3.05) is 0 Å². The molecular formula is C11H18N4O2. The van der Waals surface area contributed by atoms with Gasteiger partial charge in [0.15, 0.2) is 0 Å². The summed E-state index contributed by atoms with van der Waals surface area (Å²) in [4.78, 5) is 11.5. The van der Waals surface area contributed by atoms with Gasteiger partial charge in [-0.1, -0.05) is 5.21 Å². The average molecular weight is 238 g/mol. The quantitative estimate of drug-likeness (QED) is 0.847. The van der Waals surface area contributed by atoms with Gasteiger partial charge in [-0.05, 0) is 33.6 Å². The number of amides is 1. The Bertz CT molecular complexity index is 377. The topological polar surface area (TPSA) is 69.0 Å². The highest BCUT2D eigenvalue weighted by atomic mass is 16.6. The summed E-state index contributed by atoms with van der Waals surface area (Å²) in [7, 11) is 0. The Labute approximate surface area is 100 Å². The predicted molar refractivity (Wildman–Crippen MR) is 61.5 cm³/mol. The van der Waals surface area contributed by atoms with E-state index in [1.54, 1.807) is 6.20 Å². The van der Waals surface area contributed by atoms with Crippen LogP contribution < -0.4 is 5.32 Å². The van der Waals surface area contributed by atoms with Crippen molar-refractivity contribution < 1.29 is 9.53 Å². The van der Waals surface area contributed by atoms with Crippen molar-refractivity contribution in [3.63, 3.8) is 0 Å². The molecule has 6 nitrogen and oxygen atoms in total. The fourth-order valence-corrected chi connectivity index (χ4v) is 1.81. The summed E-state index contributed by atoms with van der Waals surface area (Å²) in [5.74, 6) is 0. The maximum Gasteiger partial charge on any atom is 0.407 e. The number of hydrogen-bond acceptors (Lipinski definition) is 4. The highest BCUT2D eigenvalue weighted by Crippen LogP contribution is 2.31. The van der Waals surface area contributed by atoms with E-state index in [1.807, 2.05) is 31.6 Å². The van der Waals surface area contributed by atoms with Crippen LogP contribution in [0.1, 0.15) is 39.7 Å². The maximum atomic E-state index is 11.5. The monoisotopic (exact) mass is 238 g/mol. The summed E-state index contributed by atoms with van der Waals surface area (Å²) < 4.78 is 7.01. The van der Waals surface area contributed by atoms with Crippen molar-refractivity contribution in [1.82, 2.24) is 20.3 Å². The average Bonchev–Trinajstić information content (AvgIpc) is 2.59. The van der Waals surface area contributed by atoms with Crippen molar-refractivity contribution in [1.29, 1.82) is 0 Å². The molecule has 1 aliphatic rings. The van der Waals surface area contributed by atoms with Gasteiger partial charge < -0.3 is 10.1 Å². The van der Waals surface area contributed by atoms with Crippen molar-refractivity contribution in [2.24, 2.45) is 0 Å². The minimum Gasteiger partial charge on any atom is -0.444 e. The molecule has 1 aromatic rings. The van der Waals surface area contributed by atoms with E-state index >= 15 is 0 Å². The molecule has 0 unspecified atom stereocenters. The van der Waals surface area contributed by atoms with Crippen LogP contribution in [-0.4, -0.2) is 32.7 Å². The lowest BCUT2D eigenvalue weighted by Gasteiger charge is -2.35. The molecule has 0 bridgehead atoms. The minimum absolute atomic E-state index is 0.180. The molecule has 0 saturated heterocycles. The van der Waals surface area contributed by atoms with E-state index in [0.717, 1.165) is 12.8 Å². The summed E-state index contributed by atoms with van der Waals surface area (Å²) in [5.41, 5.74) is -0.445. The molecule has 1 aliphatic carbocycles. The first-order chi connectivity index (χ1) is 7.94. The lowest BCUT2D eigenvalue weighted by atomic mass is 9.87. The van der Waals surface area contributed by atoms with Gasteiger partial charge in [0.1, 0.15) is 5.60 Å². The summed E-state index contributed by atoms with van der Waals surface area (Å²) in [6.07, 6.45) is 4.91. The van der Waals surface area contributed by atoms with Crippen LogP contribution in [0.15, 0.2) is 12.4 Å². The Morgan fingerprint density at radius 1 is 1.47 bits per heavy atom. The Morgan fingerprint density at radius 3 is 2.71 bits per heavy atom. The lowest BCUT2D eigenvalue weighted by molar-refractivity contribution is 0.0452. The molecule has 0 spiro atoms. The molecule has 1 aromatic heterocycles. The van der Waals surface area contributed by atoms with E-state index < -0.39 is 5.60 Å². The van der Waals surface area contributed by atoms with E-state index in [1.165, 1.54) is 0 Å². The van der Waals surface area contributed by atoms with Crippen molar-refractivity contribution in [2.45, 2.75) is 51.3 Å². The largest absolute Gasteiger partial charge is 0.444 e. The standard InChI is InChI=1S/C11H18N4O2/c1-11(2,3)17-10(16)13-8-6-9(7-8)15-5-4-12-14-15/h4-5,8-9H,6-7H2,1-3H3,(H,13,16). The number of alkyl carbamates (subject to hydrolysis) is 1. The Hall–Kier alpha value is -1.59. The van der Waals surface area contributed by atoms with Gasteiger partial charge in [0.2, 0.25) is 0 Å². The molecule has 1 amide bonds. The Kier molecular flexibility index (Phi) is 3.04. The first-order valence-electron chi connectivity index (χ1n) is 5.79. The van der Waals surface area contributed by atoms with Crippen molar-refractivity contribution in [3.8, 4) is 0 Å². The molecule has 1 heterocycles. The number of nitrogens with one attached hydrogen (secondary N) is 1. The fourth-order valence-electron chi connectivity index (χ4n) is 1.81. The van der Waals surface area contributed by atoms with Gasteiger partial charge in [-0.25, -0.2) is 9.48 Å². The number of rotatable bonds is 2. The SMILES string of the molecule is CC(C)(C)OC(=O)NC1CC(n2ccnn2)C1. The number of hydrogen-bond donors (Lipinski definition) is 1. The van der Waals surface area contributed by atoms with Gasteiger partial charge in [0.25, 0.3) is 0 Å². The predicted octanol–water partition coefficient (Wildman–Crippen LogP) is 1.51. The van der Waals surface area contributed by atoms with E-state index in [9.17, 15) is 4.79 Å². The fraction of sp³-hybridized carbons (Fsp3) is 0.727. The number of aromatic nitrogens is 3. The highest BCUT2D eigenvalue weighted by Gasteiger charge is 2.33. The molecule has 0 aromatic carbocycles. The third-order valence-corrected chi connectivity index (χ3v) is 2.65. The van der Waals surface area contributed by atoms with Gasteiger partial charge in [-0.3, -0.25) is 0 Å². The molecule has 2 rings (SSSR count). The molecule has 1 N–H and O–H groups in total. The third kappa shape index (κ3) is 3.18. The molecule has 6 heteroatoms. The number of ether oxygens (including phenoxy) is 1. The van der Waals surface area contributed by atoms with Gasteiger partial charge in [-0.15, -0.1) is 5.10 Å². The van der Waals surface area contributed by atoms with Crippen LogP contribution in [0.5, 0.6) is 0 Å². The summed E-state index contributed by atoms with van der Waals surface area (Å²) in [6, 6.07) is 0.525. The lowest BCUT2D eigenvalue weighted by Crippen LogP contribution is -2.46. The van der Waals surface area contributed by atoms with Crippen molar-refractivity contribution >= 4 is 6.09 Å². The molecule has 94 valence electrons. The summed E-state index contributed by atoms with van der Waals surface area (Å²) in [6.45, 7) is 5.56. The van der Waals surface area contributed by atoms with E-state index in [4.69, 9.17) is 4.74 Å². The molecule has 0 aliphatic heterocycles. The van der Waals surface area contributed by atoms with Gasteiger partial charge in [-0.2, -0.15) is 0 Å². The molecule has 17 heavy (non-hydrogen) atoms. The van der Waals surface area contributed by atoms with Crippen LogP contribution in [0, 0.1) is 0 Å². The van der Waals surface area contributed by atoms with Crippen molar-refractivity contribution in [3.05, 3.63) is 12.4 Å². The number of nitrogens with zero attached hydrogens (tertiary/aromatic N) is 3. The second-order valence-corrected chi connectivity index (χ2v) is 5.35. The Balaban J connectivity index is 1.72. The van der Waals surface area contributed by atoms with E-state index in [2.05, 4.69) is 15.6 Å². The zero-order chi connectivity index (χ0) is 12.5. The first kappa shape index (κ1) is 11.9. The highest BCUT2D eigenvalue weighted by molar-refractivity contribution is 5.68. The van der Waals surface area contributed by atoms with Crippen LogP contribution in [0.3, 0.4) is 0 Å². The molecule has 0 atom stereocenters. The van der Waals surface area contributed by atoms with Gasteiger partial charge in [0, 0.05) is 12.2 Å². The second-order valence-electron chi connectivity index (χ2n) is 5.35. The van der Waals surface area contributed by atoms with Gasteiger partial charge >= 0.3 is 6.09 Å². The van der Waals surface area contributed by atoms with E-state index in [-0.39, 0.29) is 12.1 Å². The first-order valence-corrected chi connectivity index (χ1v) is 5.79. The summed E-state index contributed by atoms with van der Waals surface area (Å²) >= 11 is 0. The van der Waals surface area contributed by atoms with Crippen LogP contribution >= 0.6 is 0 Å². The normalized spacial score (nSPS) is 23.9. The molecule has 0 radical (unpaired) electrons. The van der Waals surface area contributed by atoms with Crippen LogP contribution in [0.25, 0.3) is 0 Å².